The number of rotatable bonds is 3. The summed E-state index contributed by atoms with van der Waals surface area (Å²) in [6.45, 7) is 0.535. The SMILES string of the molecule is CNC(=O)C[C@@H]1CN(C(=O)c2ncn3cc(Cl)ccc23)C[C@H]1O. The number of carbonyl (C=O) groups excluding carboxylic acids is 2. The zero-order valence-electron chi connectivity index (χ0n) is 12.6. The molecule has 0 saturated carbocycles. The third-order valence-electron chi connectivity index (χ3n) is 4.12. The molecule has 2 amide bonds. The molecule has 122 valence electrons. The van der Waals surface area contributed by atoms with E-state index in [4.69, 9.17) is 11.6 Å². The van der Waals surface area contributed by atoms with Crippen LogP contribution in [0.1, 0.15) is 16.9 Å². The number of β-amino-alcohol motifs (C(OH)–C–C–N with tert-alkyl or cyclic N) is 1. The van der Waals surface area contributed by atoms with Crippen molar-refractivity contribution in [2.75, 3.05) is 20.1 Å². The maximum Gasteiger partial charge on any atom is 0.274 e. The van der Waals surface area contributed by atoms with E-state index in [0.29, 0.717) is 22.8 Å². The molecule has 1 fully saturated rings. The van der Waals surface area contributed by atoms with Gasteiger partial charge in [-0.05, 0) is 12.1 Å². The number of aromatic nitrogens is 2. The summed E-state index contributed by atoms with van der Waals surface area (Å²) in [6, 6.07) is 3.43. The number of likely N-dealkylation sites (tertiary alicyclic amines) is 1. The lowest BCUT2D eigenvalue weighted by Gasteiger charge is -2.14. The highest BCUT2D eigenvalue weighted by molar-refractivity contribution is 6.30. The molecule has 1 aliphatic heterocycles. The van der Waals surface area contributed by atoms with Crippen LogP contribution in [-0.4, -0.2) is 57.4 Å². The van der Waals surface area contributed by atoms with Gasteiger partial charge < -0.3 is 19.7 Å². The topological polar surface area (TPSA) is 86.9 Å². The van der Waals surface area contributed by atoms with E-state index in [-0.39, 0.29) is 30.7 Å². The van der Waals surface area contributed by atoms with E-state index in [1.807, 2.05) is 0 Å². The Hall–Kier alpha value is -2.12. The van der Waals surface area contributed by atoms with Gasteiger partial charge in [0.2, 0.25) is 5.91 Å². The van der Waals surface area contributed by atoms with E-state index in [1.165, 1.54) is 11.2 Å². The zero-order valence-corrected chi connectivity index (χ0v) is 13.3. The van der Waals surface area contributed by atoms with Crippen LogP contribution in [-0.2, 0) is 4.79 Å². The first kappa shape index (κ1) is 15.8. The maximum atomic E-state index is 12.7. The van der Waals surface area contributed by atoms with Crippen LogP contribution >= 0.6 is 11.6 Å². The second-order valence-corrected chi connectivity index (χ2v) is 6.08. The molecule has 2 atom stereocenters. The number of amides is 2. The summed E-state index contributed by atoms with van der Waals surface area (Å²) >= 11 is 5.92. The van der Waals surface area contributed by atoms with Crippen molar-refractivity contribution in [1.82, 2.24) is 19.6 Å². The number of aliphatic hydroxyl groups excluding tert-OH is 1. The second-order valence-electron chi connectivity index (χ2n) is 5.65. The summed E-state index contributed by atoms with van der Waals surface area (Å²) in [5.74, 6) is -0.666. The van der Waals surface area contributed by atoms with Crippen LogP contribution in [0.15, 0.2) is 24.7 Å². The molecule has 1 saturated heterocycles. The molecule has 2 aromatic rings. The minimum absolute atomic E-state index is 0.148. The molecule has 7 nitrogen and oxygen atoms in total. The van der Waals surface area contributed by atoms with Crippen molar-refractivity contribution in [2.45, 2.75) is 12.5 Å². The smallest absolute Gasteiger partial charge is 0.274 e. The molecule has 2 aromatic heterocycles. The summed E-state index contributed by atoms with van der Waals surface area (Å²) in [5, 5.41) is 13.2. The second kappa shape index (κ2) is 6.17. The van der Waals surface area contributed by atoms with Crippen LogP contribution in [0, 0.1) is 5.92 Å². The summed E-state index contributed by atoms with van der Waals surface area (Å²) in [6.07, 6.45) is 2.69. The maximum absolute atomic E-state index is 12.7. The normalized spacial score (nSPS) is 20.9. The minimum Gasteiger partial charge on any atom is -0.391 e. The van der Waals surface area contributed by atoms with Gasteiger partial charge in [-0.1, -0.05) is 11.6 Å². The first-order valence-electron chi connectivity index (χ1n) is 7.29. The lowest BCUT2D eigenvalue weighted by Crippen LogP contribution is -2.30. The van der Waals surface area contributed by atoms with Crippen molar-refractivity contribution < 1.29 is 14.7 Å². The first-order valence-corrected chi connectivity index (χ1v) is 7.67. The number of nitrogens with one attached hydrogen (secondary N) is 1. The molecule has 1 aliphatic rings. The molecule has 8 heteroatoms. The Kier molecular flexibility index (Phi) is 4.23. The summed E-state index contributed by atoms with van der Waals surface area (Å²) in [7, 11) is 1.55. The van der Waals surface area contributed by atoms with Gasteiger partial charge in [0.15, 0.2) is 5.69 Å². The Morgan fingerprint density at radius 3 is 2.96 bits per heavy atom. The van der Waals surface area contributed by atoms with Crippen molar-refractivity contribution in [3.05, 3.63) is 35.4 Å². The Balaban J connectivity index is 1.79. The van der Waals surface area contributed by atoms with E-state index >= 15 is 0 Å². The number of hydrogen-bond donors (Lipinski definition) is 2. The fourth-order valence-electron chi connectivity index (χ4n) is 2.85. The minimum atomic E-state index is -0.709. The summed E-state index contributed by atoms with van der Waals surface area (Å²) < 4.78 is 1.68. The standard InChI is InChI=1S/C15H17ClN4O3/c1-17-13(22)4-9-5-19(7-12(9)21)15(23)14-11-3-2-10(16)6-20(11)8-18-14/h2-3,6,8-9,12,21H,4-5,7H2,1H3,(H,17,22)/t9-,12-/m1/s1. The molecule has 23 heavy (non-hydrogen) atoms. The van der Waals surface area contributed by atoms with Crippen molar-refractivity contribution in [3.63, 3.8) is 0 Å². The number of imidazole rings is 1. The Morgan fingerprint density at radius 1 is 1.43 bits per heavy atom. The molecular weight excluding hydrogens is 320 g/mol. The number of nitrogens with zero attached hydrogens (tertiary/aromatic N) is 3. The van der Waals surface area contributed by atoms with Crippen LogP contribution < -0.4 is 5.32 Å². The van der Waals surface area contributed by atoms with Crippen molar-refractivity contribution in [2.24, 2.45) is 5.92 Å². The van der Waals surface area contributed by atoms with E-state index < -0.39 is 6.10 Å². The zero-order chi connectivity index (χ0) is 16.6. The van der Waals surface area contributed by atoms with Gasteiger partial charge in [0.1, 0.15) is 6.33 Å². The van der Waals surface area contributed by atoms with Crippen LogP contribution in [0.3, 0.4) is 0 Å². The van der Waals surface area contributed by atoms with Gasteiger partial charge in [0.05, 0.1) is 16.6 Å². The average molecular weight is 337 g/mol. The quantitative estimate of drug-likeness (QED) is 0.857. The van der Waals surface area contributed by atoms with Gasteiger partial charge >= 0.3 is 0 Å². The molecule has 0 radical (unpaired) electrons. The van der Waals surface area contributed by atoms with E-state index in [9.17, 15) is 14.7 Å². The lowest BCUT2D eigenvalue weighted by molar-refractivity contribution is -0.122. The fraction of sp³-hybridized carbons (Fsp3) is 0.400. The lowest BCUT2D eigenvalue weighted by atomic mass is 10.0. The third-order valence-corrected chi connectivity index (χ3v) is 4.34. The van der Waals surface area contributed by atoms with E-state index in [2.05, 4.69) is 10.3 Å². The van der Waals surface area contributed by atoms with Crippen LogP contribution in [0.4, 0.5) is 0 Å². The molecule has 3 rings (SSSR count). The fourth-order valence-corrected chi connectivity index (χ4v) is 3.02. The van der Waals surface area contributed by atoms with Crippen molar-refractivity contribution in [1.29, 1.82) is 0 Å². The number of fused-ring (bicyclic) bond motifs is 1. The van der Waals surface area contributed by atoms with Crippen LogP contribution in [0.5, 0.6) is 0 Å². The van der Waals surface area contributed by atoms with Gasteiger partial charge in [-0.3, -0.25) is 9.59 Å². The molecule has 0 aliphatic carbocycles. The number of aliphatic hydroxyl groups is 1. The van der Waals surface area contributed by atoms with Gasteiger partial charge in [-0.25, -0.2) is 4.98 Å². The molecule has 2 N–H and O–H groups in total. The Labute approximate surface area is 137 Å². The predicted octanol–water partition coefficient (Wildman–Crippen LogP) is 0.557. The highest BCUT2D eigenvalue weighted by Crippen LogP contribution is 2.23. The molecular formula is C15H17ClN4O3. The van der Waals surface area contributed by atoms with E-state index in [0.717, 1.165) is 0 Å². The van der Waals surface area contributed by atoms with Gasteiger partial charge in [0, 0.05) is 38.7 Å². The average Bonchev–Trinajstić information content (AvgIpc) is 3.10. The number of carbonyl (C=O) groups is 2. The Morgan fingerprint density at radius 2 is 2.22 bits per heavy atom. The number of hydrogen-bond acceptors (Lipinski definition) is 4. The predicted molar refractivity (Wildman–Crippen MR) is 84.3 cm³/mol. The monoisotopic (exact) mass is 336 g/mol. The van der Waals surface area contributed by atoms with Gasteiger partial charge in [0.25, 0.3) is 5.91 Å². The highest BCUT2D eigenvalue weighted by Gasteiger charge is 2.36. The third kappa shape index (κ3) is 3.02. The van der Waals surface area contributed by atoms with Crippen LogP contribution in [0.25, 0.3) is 5.52 Å². The molecule has 3 heterocycles. The van der Waals surface area contributed by atoms with Crippen LogP contribution in [0.2, 0.25) is 5.02 Å². The molecule has 0 spiro atoms. The van der Waals surface area contributed by atoms with E-state index in [1.54, 1.807) is 29.8 Å². The van der Waals surface area contributed by atoms with Crippen molar-refractivity contribution in [3.8, 4) is 0 Å². The van der Waals surface area contributed by atoms with Crippen molar-refractivity contribution >= 4 is 28.9 Å². The molecule has 0 bridgehead atoms. The largest absolute Gasteiger partial charge is 0.391 e. The number of pyridine rings is 1. The summed E-state index contributed by atoms with van der Waals surface area (Å²) in [5.41, 5.74) is 0.970. The number of halogens is 1. The molecule has 0 aromatic carbocycles. The van der Waals surface area contributed by atoms with Gasteiger partial charge in [-0.2, -0.15) is 0 Å². The summed E-state index contributed by atoms with van der Waals surface area (Å²) in [4.78, 5) is 29.8. The molecule has 0 unspecified atom stereocenters. The highest BCUT2D eigenvalue weighted by atomic mass is 35.5. The Bertz CT molecular complexity index is 760. The first-order chi connectivity index (χ1) is 11.0. The van der Waals surface area contributed by atoms with Gasteiger partial charge in [-0.15, -0.1) is 0 Å².